The van der Waals surface area contributed by atoms with Crippen LogP contribution in [-0.4, -0.2) is 25.5 Å². The number of halogens is 1. The molecule has 1 aliphatic rings. The van der Waals surface area contributed by atoms with Crippen molar-refractivity contribution in [1.82, 2.24) is 4.72 Å². The Morgan fingerprint density at radius 1 is 1.38 bits per heavy atom. The van der Waals surface area contributed by atoms with Crippen molar-refractivity contribution < 1.29 is 18.3 Å². The lowest BCUT2D eigenvalue weighted by Crippen LogP contribution is -2.37. The fourth-order valence-electron chi connectivity index (χ4n) is 2.71. The summed E-state index contributed by atoms with van der Waals surface area (Å²) in [6.45, 7) is 1.88. The second kappa shape index (κ2) is 6.46. The third kappa shape index (κ3) is 3.84. The lowest BCUT2D eigenvalue weighted by Gasteiger charge is -2.20. The van der Waals surface area contributed by atoms with Crippen molar-refractivity contribution in [3.8, 4) is 0 Å². The van der Waals surface area contributed by atoms with E-state index in [1.54, 1.807) is 0 Å². The van der Waals surface area contributed by atoms with Gasteiger partial charge in [-0.05, 0) is 59.8 Å². The summed E-state index contributed by atoms with van der Waals surface area (Å²) in [5.74, 6) is -0.719. The van der Waals surface area contributed by atoms with Gasteiger partial charge in [0.25, 0.3) is 0 Å². The van der Waals surface area contributed by atoms with Gasteiger partial charge in [0.15, 0.2) is 0 Å². The minimum atomic E-state index is -3.66. The predicted molar refractivity (Wildman–Crippen MR) is 82.8 cm³/mol. The van der Waals surface area contributed by atoms with E-state index in [1.165, 1.54) is 18.2 Å². The van der Waals surface area contributed by atoms with Crippen molar-refractivity contribution in [3.63, 3.8) is 0 Å². The van der Waals surface area contributed by atoms with Gasteiger partial charge in [-0.25, -0.2) is 17.9 Å². The Labute approximate surface area is 132 Å². The second-order valence-corrected chi connectivity index (χ2v) is 7.94. The first-order valence-corrected chi connectivity index (χ1v) is 9.14. The summed E-state index contributed by atoms with van der Waals surface area (Å²) >= 11 is 3.14. The van der Waals surface area contributed by atoms with Crippen molar-refractivity contribution in [2.75, 3.05) is 0 Å². The zero-order chi connectivity index (χ0) is 15.6. The molecule has 0 unspecified atom stereocenters. The highest BCUT2D eigenvalue weighted by atomic mass is 79.9. The molecule has 116 valence electrons. The number of carbonyl (C=O) groups is 1. The monoisotopic (exact) mass is 375 g/mol. The van der Waals surface area contributed by atoms with Crippen LogP contribution in [0.2, 0.25) is 0 Å². The molecule has 2 rings (SSSR count). The minimum Gasteiger partial charge on any atom is -0.478 e. The highest BCUT2D eigenvalue weighted by molar-refractivity contribution is 9.10. The molecule has 0 aromatic heterocycles. The van der Waals surface area contributed by atoms with Crippen LogP contribution in [0.15, 0.2) is 27.6 Å². The lowest BCUT2D eigenvalue weighted by molar-refractivity contribution is 0.0696. The van der Waals surface area contributed by atoms with Crippen LogP contribution in [0.3, 0.4) is 0 Å². The zero-order valence-corrected chi connectivity index (χ0v) is 14.1. The van der Waals surface area contributed by atoms with Gasteiger partial charge >= 0.3 is 5.97 Å². The van der Waals surface area contributed by atoms with E-state index in [2.05, 4.69) is 20.7 Å². The maximum atomic E-state index is 12.4. The largest absolute Gasteiger partial charge is 0.478 e. The maximum absolute atomic E-state index is 12.4. The number of hydrogen-bond acceptors (Lipinski definition) is 3. The average molecular weight is 376 g/mol. The van der Waals surface area contributed by atoms with Crippen molar-refractivity contribution in [3.05, 3.63) is 28.2 Å². The van der Waals surface area contributed by atoms with Gasteiger partial charge in [0.05, 0.1) is 10.5 Å². The van der Waals surface area contributed by atoms with E-state index in [1.807, 2.05) is 6.92 Å². The zero-order valence-electron chi connectivity index (χ0n) is 11.7. The van der Waals surface area contributed by atoms with Crippen LogP contribution < -0.4 is 4.72 Å². The number of nitrogens with one attached hydrogen (secondary N) is 1. The number of aromatic carboxylic acids is 1. The molecular formula is C14H18BrNO4S. The summed E-state index contributed by atoms with van der Waals surface area (Å²) in [6.07, 6.45) is 4.38. The van der Waals surface area contributed by atoms with E-state index in [-0.39, 0.29) is 21.0 Å². The Morgan fingerprint density at radius 2 is 2.00 bits per heavy atom. The first-order valence-electron chi connectivity index (χ1n) is 6.86. The first-order chi connectivity index (χ1) is 9.81. The fraction of sp³-hybridized carbons (Fsp3) is 0.500. The van der Waals surface area contributed by atoms with Gasteiger partial charge in [-0.2, -0.15) is 0 Å². The van der Waals surface area contributed by atoms with Gasteiger partial charge in [-0.1, -0.05) is 12.8 Å². The molecule has 0 radical (unpaired) electrons. The molecule has 2 N–H and O–H groups in total. The fourth-order valence-corrected chi connectivity index (χ4v) is 5.10. The third-order valence-corrected chi connectivity index (χ3v) is 6.45. The number of carboxylic acid groups (broad SMARTS) is 1. The van der Waals surface area contributed by atoms with E-state index >= 15 is 0 Å². The molecule has 0 amide bonds. The van der Waals surface area contributed by atoms with Crippen LogP contribution >= 0.6 is 15.9 Å². The van der Waals surface area contributed by atoms with Crippen LogP contribution in [-0.2, 0) is 10.0 Å². The smallest absolute Gasteiger partial charge is 0.335 e. The van der Waals surface area contributed by atoms with E-state index < -0.39 is 16.0 Å². The van der Waals surface area contributed by atoms with Gasteiger partial charge in [0, 0.05) is 10.5 Å². The number of benzene rings is 1. The summed E-state index contributed by atoms with van der Waals surface area (Å²) < 4.78 is 27.8. The minimum absolute atomic E-state index is 0.0460. The lowest BCUT2D eigenvalue weighted by atomic mass is 10.0. The van der Waals surface area contributed by atoms with Crippen molar-refractivity contribution in [2.45, 2.75) is 43.5 Å². The third-order valence-electron chi connectivity index (χ3n) is 3.92. The van der Waals surface area contributed by atoms with Gasteiger partial charge in [0.2, 0.25) is 10.0 Å². The predicted octanol–water partition coefficient (Wildman–Crippen LogP) is 3.00. The Bertz CT molecular complexity index is 638. The summed E-state index contributed by atoms with van der Waals surface area (Å²) in [7, 11) is -3.66. The van der Waals surface area contributed by atoms with Crippen LogP contribution in [0.5, 0.6) is 0 Å². The van der Waals surface area contributed by atoms with Gasteiger partial charge in [-0.3, -0.25) is 0 Å². The molecule has 1 atom stereocenters. The van der Waals surface area contributed by atoms with Gasteiger partial charge in [0.1, 0.15) is 0 Å². The Kier molecular flexibility index (Phi) is 5.06. The number of carboxylic acids is 1. The number of sulfonamides is 1. The van der Waals surface area contributed by atoms with Crippen LogP contribution in [0.4, 0.5) is 0 Å². The van der Waals surface area contributed by atoms with Crippen molar-refractivity contribution in [1.29, 1.82) is 0 Å². The normalized spacial score (nSPS) is 17.8. The van der Waals surface area contributed by atoms with E-state index in [9.17, 15) is 13.2 Å². The molecule has 0 heterocycles. The van der Waals surface area contributed by atoms with Crippen molar-refractivity contribution in [2.24, 2.45) is 5.92 Å². The molecule has 1 aliphatic carbocycles. The molecule has 1 saturated carbocycles. The number of rotatable bonds is 5. The van der Waals surface area contributed by atoms with Gasteiger partial charge < -0.3 is 5.11 Å². The highest BCUT2D eigenvalue weighted by Crippen LogP contribution is 2.29. The molecule has 0 spiro atoms. The summed E-state index contributed by atoms with van der Waals surface area (Å²) in [4.78, 5) is 10.9. The molecular weight excluding hydrogens is 358 g/mol. The van der Waals surface area contributed by atoms with Gasteiger partial charge in [-0.15, -0.1) is 0 Å². The molecule has 5 nitrogen and oxygen atoms in total. The highest BCUT2D eigenvalue weighted by Gasteiger charge is 2.27. The molecule has 0 aliphatic heterocycles. The molecule has 1 fully saturated rings. The van der Waals surface area contributed by atoms with Crippen molar-refractivity contribution >= 4 is 31.9 Å². The average Bonchev–Trinajstić information content (AvgIpc) is 2.91. The SMILES string of the molecule is C[C@@H](NS(=O)(=O)c1ccc(C(=O)O)cc1Br)C1CCCC1. The Morgan fingerprint density at radius 3 is 2.52 bits per heavy atom. The quantitative estimate of drug-likeness (QED) is 0.828. The topological polar surface area (TPSA) is 83.5 Å². The molecule has 7 heteroatoms. The Hall–Kier alpha value is -0.920. The van der Waals surface area contributed by atoms with Crippen LogP contribution in [0, 0.1) is 5.92 Å². The molecule has 1 aromatic rings. The van der Waals surface area contributed by atoms with E-state index in [4.69, 9.17) is 5.11 Å². The second-order valence-electron chi connectivity index (χ2n) is 5.40. The molecule has 0 saturated heterocycles. The first kappa shape index (κ1) is 16.5. The number of hydrogen-bond donors (Lipinski definition) is 2. The maximum Gasteiger partial charge on any atom is 0.335 e. The van der Waals surface area contributed by atoms with E-state index in [0.29, 0.717) is 5.92 Å². The summed E-state index contributed by atoms with van der Waals surface area (Å²) in [5.41, 5.74) is 0.0460. The summed E-state index contributed by atoms with van der Waals surface area (Å²) in [6, 6.07) is 3.79. The van der Waals surface area contributed by atoms with Crippen LogP contribution in [0.1, 0.15) is 43.0 Å². The van der Waals surface area contributed by atoms with E-state index in [0.717, 1.165) is 25.7 Å². The molecule has 0 bridgehead atoms. The molecule has 1 aromatic carbocycles. The molecule has 21 heavy (non-hydrogen) atoms. The van der Waals surface area contributed by atoms with Crippen LogP contribution in [0.25, 0.3) is 0 Å². The standard InChI is InChI=1S/C14H18BrNO4S/c1-9(10-4-2-3-5-10)16-21(19,20)13-7-6-11(14(17)18)8-12(13)15/h6-10,16H,2-5H2,1H3,(H,17,18)/t9-/m1/s1. The Balaban J connectivity index is 2.21. The summed E-state index contributed by atoms with van der Waals surface area (Å²) in [5, 5.41) is 8.91.